The van der Waals surface area contributed by atoms with Crippen LogP contribution in [0.4, 0.5) is 22.7 Å². The number of aromatic nitrogens is 8. The Morgan fingerprint density at radius 3 is 1.03 bits per heavy atom. The molecule has 0 bridgehead atoms. The molecule has 4 aromatic heterocycles. The highest BCUT2D eigenvalue weighted by atomic mass is 35.5. The number of carbonyl (C=O) groups is 4. The van der Waals surface area contributed by atoms with Gasteiger partial charge in [-0.25, -0.2) is 0 Å². The van der Waals surface area contributed by atoms with Crippen LogP contribution >= 0.6 is 23.2 Å². The number of aromatic amines is 4. The van der Waals surface area contributed by atoms with E-state index < -0.39 is 23.9 Å². The lowest BCUT2D eigenvalue weighted by Gasteiger charge is -2.26. The van der Waals surface area contributed by atoms with Crippen molar-refractivity contribution in [3.8, 4) is 44.5 Å². The van der Waals surface area contributed by atoms with E-state index in [1.807, 2.05) is 73.9 Å². The van der Waals surface area contributed by atoms with Crippen molar-refractivity contribution < 1.29 is 39.6 Å². The molecule has 0 atom stereocenters. The molecule has 0 radical (unpaired) electrons. The van der Waals surface area contributed by atoms with Crippen LogP contribution in [0.2, 0.25) is 10.0 Å². The van der Waals surface area contributed by atoms with Crippen LogP contribution in [-0.4, -0.2) is 125 Å². The maximum absolute atomic E-state index is 11.0. The van der Waals surface area contributed by atoms with Crippen molar-refractivity contribution in [1.82, 2.24) is 40.8 Å². The van der Waals surface area contributed by atoms with Gasteiger partial charge >= 0.3 is 23.9 Å². The molecule has 556 valence electrons. The minimum Gasteiger partial charge on any atom is -0.481 e. The summed E-state index contributed by atoms with van der Waals surface area (Å²) in [5.41, 5.74) is 22.9. The third kappa shape index (κ3) is 21.7. The predicted molar refractivity (Wildman–Crippen MR) is 432 cm³/mol. The van der Waals surface area contributed by atoms with E-state index in [1.165, 1.54) is 5.69 Å². The van der Waals surface area contributed by atoms with Gasteiger partial charge < -0.3 is 40.9 Å². The zero-order valence-electron chi connectivity index (χ0n) is 62.5. The summed E-state index contributed by atoms with van der Waals surface area (Å²) in [6, 6.07) is 41.2. The smallest absolute Gasteiger partial charge is 0.303 e. The van der Waals surface area contributed by atoms with E-state index in [9.17, 15) is 19.2 Å². The van der Waals surface area contributed by atoms with Gasteiger partial charge in [0.2, 0.25) is 0 Å². The Bertz CT molecular complexity index is 4720. The van der Waals surface area contributed by atoms with Gasteiger partial charge in [-0.3, -0.25) is 39.6 Å². The number of fused-ring (bicyclic) bond motifs is 4. The van der Waals surface area contributed by atoms with Crippen molar-refractivity contribution in [1.29, 1.82) is 0 Å². The van der Waals surface area contributed by atoms with Gasteiger partial charge in [0.1, 0.15) is 0 Å². The molecule has 106 heavy (non-hydrogen) atoms. The highest BCUT2D eigenvalue weighted by molar-refractivity contribution is 6.32. The van der Waals surface area contributed by atoms with Gasteiger partial charge in [0.05, 0.1) is 46.9 Å². The van der Waals surface area contributed by atoms with Gasteiger partial charge in [-0.1, -0.05) is 103 Å². The Balaban J connectivity index is 0.000000163. The number of rotatable bonds is 28. The summed E-state index contributed by atoms with van der Waals surface area (Å²) in [6.45, 7) is 25.1. The van der Waals surface area contributed by atoms with Crippen LogP contribution in [0.25, 0.3) is 88.1 Å². The first-order valence-electron chi connectivity index (χ1n) is 36.0. The summed E-state index contributed by atoms with van der Waals surface area (Å²) in [5, 5.41) is 76.7. The molecule has 22 heteroatoms. The fourth-order valence-electron chi connectivity index (χ4n) is 12.8. The molecule has 0 unspecified atom stereocenters. The molecule has 0 saturated heterocycles. The maximum atomic E-state index is 11.0. The molecule has 0 saturated carbocycles. The van der Waals surface area contributed by atoms with Crippen LogP contribution in [0.1, 0.15) is 114 Å². The molecule has 8 aromatic carbocycles. The summed E-state index contributed by atoms with van der Waals surface area (Å²) >= 11 is 12.9. The number of aliphatic carboxylic acids is 4. The van der Waals surface area contributed by atoms with E-state index in [-0.39, 0.29) is 25.7 Å². The van der Waals surface area contributed by atoms with Gasteiger partial charge in [-0.15, -0.1) is 0 Å². The van der Waals surface area contributed by atoms with Crippen LogP contribution in [0.5, 0.6) is 0 Å². The van der Waals surface area contributed by atoms with E-state index in [0.717, 1.165) is 165 Å². The van der Waals surface area contributed by atoms with Crippen molar-refractivity contribution in [2.24, 2.45) is 23.7 Å². The second-order valence-corrected chi connectivity index (χ2v) is 29.7. The van der Waals surface area contributed by atoms with E-state index in [2.05, 4.69) is 204 Å². The maximum Gasteiger partial charge on any atom is 0.303 e. The summed E-state index contributed by atoms with van der Waals surface area (Å²) in [4.78, 5) is 48.4. The first kappa shape index (κ1) is 79.4. The molecule has 0 aliphatic rings. The van der Waals surface area contributed by atoms with Gasteiger partial charge in [0.25, 0.3) is 0 Å². The van der Waals surface area contributed by atoms with E-state index in [1.54, 1.807) is 12.4 Å². The number of H-pyrrole nitrogens is 4. The van der Waals surface area contributed by atoms with Crippen LogP contribution in [0.15, 0.2) is 146 Å². The molecule has 0 amide bonds. The lowest BCUT2D eigenvalue weighted by atomic mass is 9.94. The molecule has 10 N–H and O–H groups in total. The normalized spacial score (nSPS) is 11.3. The number of anilines is 4. The first-order valence-corrected chi connectivity index (χ1v) is 36.8. The highest BCUT2D eigenvalue weighted by Gasteiger charge is 2.20. The molecule has 12 rings (SSSR count). The first-order chi connectivity index (χ1) is 50.6. The number of benzene rings is 8. The number of hydrogen-bond acceptors (Lipinski definition) is 12. The second kappa shape index (κ2) is 36.8. The third-order valence-corrected chi connectivity index (χ3v) is 18.9. The third-order valence-electron chi connectivity index (χ3n) is 18.2. The van der Waals surface area contributed by atoms with Gasteiger partial charge in [-0.2, -0.15) is 20.4 Å². The summed E-state index contributed by atoms with van der Waals surface area (Å²) in [6.07, 6.45) is 9.52. The van der Waals surface area contributed by atoms with Gasteiger partial charge in [0, 0.05) is 143 Å². The highest BCUT2D eigenvalue weighted by Crippen LogP contribution is 2.41. The van der Waals surface area contributed by atoms with Gasteiger partial charge in [-0.05, 0) is 216 Å². The monoisotopic (exact) mass is 1470 g/mol. The second-order valence-electron chi connectivity index (χ2n) is 28.9. The Morgan fingerprint density at radius 2 is 0.679 bits per heavy atom. The molecule has 12 aromatic rings. The molecular formula is C84H98Cl2N12O8. The molecule has 4 heterocycles. The zero-order valence-corrected chi connectivity index (χ0v) is 64.0. The molecule has 0 spiro atoms. The summed E-state index contributed by atoms with van der Waals surface area (Å²) in [5.74, 6) is -1.12. The lowest BCUT2D eigenvalue weighted by Crippen LogP contribution is -2.23. The Morgan fingerprint density at radius 1 is 0.387 bits per heavy atom. The van der Waals surface area contributed by atoms with E-state index in [4.69, 9.17) is 43.6 Å². The molecule has 0 fully saturated rings. The SMILES string of the molecule is CC(C)CN(C)c1cc(Cl)c(CCC(=O)O)cc1-c1ccc2[nH]ncc2c1.CC(C)CNc1cc(Cl)c(CCC(=O)O)cc1-c1ccc2[nH]ncc2c1.Cc1cc(N(C)CC(C)C)c(-c2ccc3[nH]ncc3c2)cc1CCC(=O)O.Cc1cc(NCC(C)C)c(-c2ccc3[nH]ncc3c2)cc1CCC(=O)O. The summed E-state index contributed by atoms with van der Waals surface area (Å²) in [7, 11) is 4.17. The minimum absolute atomic E-state index is 0.0543. The van der Waals surface area contributed by atoms with Crippen LogP contribution < -0.4 is 20.4 Å². The standard InChI is InChI=1S/C22H27N3O2.C21H24ClN3O2.C21H25N3O2.C20H22ClN3O2/c1-14(2)13-25(4)21-9-15(3)16(6-8-22(26)27)11-19(21)17-5-7-20-18(10-17)12-23-24-20;1-13(2)12-25(3)20-10-18(22)15(5-7-21(26)27)9-17(20)14-4-6-19-16(8-14)11-23-24-19;1-13(2)11-22-20-8-14(3)15(5-7-21(25)26)10-18(20)16-4-6-19-17(9-16)12-23-24-19;1-12(2)10-22-19-9-17(21)14(4-6-20(25)26)8-16(19)13-3-5-18-15(7-13)11-23-24-18/h5,7,9-12,14H,6,8,13H2,1-4H3,(H,23,24)(H,26,27);4,6,8-11,13H,5,7,12H2,1-3H3,(H,23,24)(H,26,27);4,6,8-10,12-13,22H,5,7,11H2,1-3H3,(H,23,24)(H,25,26);3,5,7-9,11-12,22H,4,6,10H2,1-2H3,(H,23,24)(H,25,26). The topological polar surface area (TPSA) is 294 Å². The predicted octanol–water partition coefficient (Wildman–Crippen LogP) is 19.2. The number of carboxylic acids is 4. The average molecular weight is 1470 g/mol. The lowest BCUT2D eigenvalue weighted by molar-refractivity contribution is -0.138. The van der Waals surface area contributed by atoms with Gasteiger partial charge in [0.15, 0.2) is 0 Å². The largest absolute Gasteiger partial charge is 0.481 e. The average Bonchev–Trinajstić information content (AvgIpc) is 1.25. The Labute approximate surface area is 629 Å². The zero-order chi connectivity index (χ0) is 76.5. The molecule has 0 aliphatic heterocycles. The number of hydrogen-bond donors (Lipinski definition) is 10. The van der Waals surface area contributed by atoms with Crippen LogP contribution in [0, 0.1) is 37.5 Å². The Hall–Kier alpha value is -10.7. The minimum atomic E-state index is -0.829. The number of nitrogens with one attached hydrogen (secondary N) is 6. The van der Waals surface area contributed by atoms with Crippen molar-refractivity contribution >= 4 is 113 Å². The Kier molecular flexibility index (Phi) is 27.6. The number of aryl methyl sites for hydroxylation is 6. The molecule has 0 aliphatic carbocycles. The fraction of sp³-hybridized carbons (Fsp3) is 0.333. The van der Waals surface area contributed by atoms with Crippen molar-refractivity contribution in [3.05, 3.63) is 190 Å². The fourth-order valence-corrected chi connectivity index (χ4v) is 13.3. The number of nitrogens with zero attached hydrogens (tertiary/aromatic N) is 6. The molecular weight excluding hydrogens is 1380 g/mol. The van der Waals surface area contributed by atoms with E-state index in [0.29, 0.717) is 59.4 Å². The van der Waals surface area contributed by atoms with Crippen molar-refractivity contribution in [2.75, 3.05) is 60.7 Å². The van der Waals surface area contributed by atoms with Crippen molar-refractivity contribution in [3.63, 3.8) is 0 Å². The summed E-state index contributed by atoms with van der Waals surface area (Å²) < 4.78 is 0. The van der Waals surface area contributed by atoms with Crippen molar-refractivity contribution in [2.45, 2.75) is 121 Å². The van der Waals surface area contributed by atoms with Crippen LogP contribution in [0.3, 0.4) is 0 Å². The number of halogens is 2. The quantitative estimate of drug-likeness (QED) is 0.0218. The van der Waals surface area contributed by atoms with Crippen LogP contribution in [-0.2, 0) is 44.9 Å². The molecule has 20 nitrogen and oxygen atoms in total. The van der Waals surface area contributed by atoms with E-state index >= 15 is 0 Å². The number of carboxylic acid groups (broad SMARTS) is 4.